The molecule has 0 unspecified atom stereocenters. The number of hydrogen-bond acceptors (Lipinski definition) is 2. The summed E-state index contributed by atoms with van der Waals surface area (Å²) in [5.74, 6) is -0.157. The maximum atomic E-state index is 12.1. The predicted octanol–water partition coefficient (Wildman–Crippen LogP) is 4.59. The standard InChI is InChI=1S/C19H23N3O2/c1-13(23)20-16-6-5-7-17(12-16)22-18(24)21-15-10-8-14(9-11-15)19(2,3)4/h5-12H,1-4H3,(H,20,23)(H2,21,22,24). The number of nitrogens with one attached hydrogen (secondary N) is 3. The highest BCUT2D eigenvalue weighted by atomic mass is 16.2. The van der Waals surface area contributed by atoms with Crippen molar-refractivity contribution >= 4 is 29.0 Å². The van der Waals surface area contributed by atoms with Gasteiger partial charge in [-0.15, -0.1) is 0 Å². The van der Waals surface area contributed by atoms with Gasteiger partial charge in [-0.3, -0.25) is 4.79 Å². The highest BCUT2D eigenvalue weighted by Crippen LogP contribution is 2.23. The van der Waals surface area contributed by atoms with Crippen LogP contribution in [0.5, 0.6) is 0 Å². The number of hydrogen-bond donors (Lipinski definition) is 3. The predicted molar refractivity (Wildman–Crippen MR) is 98.5 cm³/mol. The third-order valence-corrected chi connectivity index (χ3v) is 3.45. The molecule has 0 aliphatic rings. The third kappa shape index (κ3) is 5.12. The molecule has 0 heterocycles. The number of urea groups is 1. The Morgan fingerprint density at radius 2 is 1.33 bits per heavy atom. The van der Waals surface area contributed by atoms with E-state index in [9.17, 15) is 9.59 Å². The molecule has 126 valence electrons. The van der Waals surface area contributed by atoms with E-state index in [-0.39, 0.29) is 17.4 Å². The molecule has 5 nitrogen and oxygen atoms in total. The topological polar surface area (TPSA) is 70.2 Å². The second-order valence-electron chi connectivity index (χ2n) is 6.67. The molecule has 0 aromatic heterocycles. The lowest BCUT2D eigenvalue weighted by Gasteiger charge is -2.19. The first-order valence-corrected chi connectivity index (χ1v) is 7.80. The minimum atomic E-state index is -0.335. The molecule has 5 heteroatoms. The zero-order chi connectivity index (χ0) is 17.7. The van der Waals surface area contributed by atoms with Gasteiger partial charge in [0.1, 0.15) is 0 Å². The summed E-state index contributed by atoms with van der Waals surface area (Å²) in [6.07, 6.45) is 0. The zero-order valence-electron chi connectivity index (χ0n) is 14.4. The Hall–Kier alpha value is -2.82. The molecule has 2 aromatic carbocycles. The van der Waals surface area contributed by atoms with Crippen LogP contribution in [-0.2, 0) is 10.2 Å². The van der Waals surface area contributed by atoms with Crippen LogP contribution in [0.1, 0.15) is 33.3 Å². The van der Waals surface area contributed by atoms with Crippen LogP contribution in [0.15, 0.2) is 48.5 Å². The fourth-order valence-corrected chi connectivity index (χ4v) is 2.22. The summed E-state index contributed by atoms with van der Waals surface area (Å²) in [6.45, 7) is 7.87. The zero-order valence-corrected chi connectivity index (χ0v) is 14.4. The van der Waals surface area contributed by atoms with Gasteiger partial charge in [-0.1, -0.05) is 39.0 Å². The van der Waals surface area contributed by atoms with E-state index >= 15 is 0 Å². The van der Waals surface area contributed by atoms with Gasteiger partial charge < -0.3 is 16.0 Å². The van der Waals surface area contributed by atoms with Gasteiger partial charge in [-0.05, 0) is 41.3 Å². The number of amides is 3. The van der Waals surface area contributed by atoms with E-state index in [1.54, 1.807) is 24.3 Å². The monoisotopic (exact) mass is 325 g/mol. The van der Waals surface area contributed by atoms with E-state index < -0.39 is 0 Å². The molecule has 0 bridgehead atoms. The molecule has 0 fully saturated rings. The van der Waals surface area contributed by atoms with Crippen LogP contribution in [-0.4, -0.2) is 11.9 Å². The molecule has 2 aromatic rings. The van der Waals surface area contributed by atoms with E-state index in [4.69, 9.17) is 0 Å². The van der Waals surface area contributed by atoms with Gasteiger partial charge in [0, 0.05) is 24.0 Å². The van der Waals surface area contributed by atoms with Crippen LogP contribution >= 0.6 is 0 Å². The molecule has 0 saturated heterocycles. The lowest BCUT2D eigenvalue weighted by atomic mass is 9.87. The molecule has 3 N–H and O–H groups in total. The van der Waals surface area contributed by atoms with Gasteiger partial charge in [0.05, 0.1) is 0 Å². The van der Waals surface area contributed by atoms with E-state index in [0.29, 0.717) is 11.4 Å². The Bertz CT molecular complexity index is 731. The minimum absolute atomic E-state index is 0.0743. The maximum Gasteiger partial charge on any atom is 0.323 e. The molecule has 24 heavy (non-hydrogen) atoms. The van der Waals surface area contributed by atoms with Crippen molar-refractivity contribution in [3.63, 3.8) is 0 Å². The maximum absolute atomic E-state index is 12.1. The van der Waals surface area contributed by atoms with Crippen molar-refractivity contribution < 1.29 is 9.59 Å². The van der Waals surface area contributed by atoms with Gasteiger partial charge in [0.2, 0.25) is 5.91 Å². The average molecular weight is 325 g/mol. The molecule has 0 aliphatic carbocycles. The van der Waals surface area contributed by atoms with Crippen LogP contribution in [0.3, 0.4) is 0 Å². The quantitative estimate of drug-likeness (QED) is 0.772. The molecule has 3 amide bonds. The molecule has 0 saturated carbocycles. The van der Waals surface area contributed by atoms with Gasteiger partial charge in [-0.2, -0.15) is 0 Å². The lowest BCUT2D eigenvalue weighted by Crippen LogP contribution is -2.19. The molecule has 0 aliphatic heterocycles. The molecular formula is C19H23N3O2. The fourth-order valence-electron chi connectivity index (χ4n) is 2.22. The van der Waals surface area contributed by atoms with Crippen molar-refractivity contribution in [2.45, 2.75) is 33.1 Å². The van der Waals surface area contributed by atoms with Gasteiger partial charge in [0.15, 0.2) is 0 Å². The highest BCUT2D eigenvalue weighted by Gasteiger charge is 2.13. The summed E-state index contributed by atoms with van der Waals surface area (Å²) >= 11 is 0. The smallest absolute Gasteiger partial charge is 0.323 e. The Balaban J connectivity index is 1.99. The number of benzene rings is 2. The minimum Gasteiger partial charge on any atom is -0.326 e. The number of rotatable bonds is 3. The van der Waals surface area contributed by atoms with E-state index in [0.717, 1.165) is 5.69 Å². The van der Waals surface area contributed by atoms with Crippen molar-refractivity contribution in [1.29, 1.82) is 0 Å². The summed E-state index contributed by atoms with van der Waals surface area (Å²) in [5, 5.41) is 8.22. The summed E-state index contributed by atoms with van der Waals surface area (Å²) in [6, 6.07) is 14.4. The summed E-state index contributed by atoms with van der Waals surface area (Å²) in [4.78, 5) is 23.2. The summed E-state index contributed by atoms with van der Waals surface area (Å²) in [7, 11) is 0. The fraction of sp³-hybridized carbons (Fsp3) is 0.263. The first-order valence-electron chi connectivity index (χ1n) is 7.80. The van der Waals surface area contributed by atoms with Gasteiger partial charge in [-0.25, -0.2) is 4.79 Å². The summed E-state index contributed by atoms with van der Waals surface area (Å²) < 4.78 is 0. The van der Waals surface area contributed by atoms with E-state index in [1.807, 2.05) is 24.3 Å². The molecule has 0 radical (unpaired) electrons. The van der Waals surface area contributed by atoms with Crippen molar-refractivity contribution in [2.24, 2.45) is 0 Å². The van der Waals surface area contributed by atoms with Gasteiger partial charge >= 0.3 is 6.03 Å². The van der Waals surface area contributed by atoms with Crippen LogP contribution in [0.2, 0.25) is 0 Å². The van der Waals surface area contributed by atoms with Crippen molar-refractivity contribution in [1.82, 2.24) is 0 Å². The summed E-state index contributed by atoms with van der Waals surface area (Å²) in [5.41, 5.74) is 3.24. The van der Waals surface area contributed by atoms with Crippen LogP contribution in [0.4, 0.5) is 21.9 Å². The first kappa shape index (κ1) is 17.5. The van der Waals surface area contributed by atoms with E-state index in [2.05, 4.69) is 36.7 Å². The molecule has 0 spiro atoms. The third-order valence-electron chi connectivity index (χ3n) is 3.45. The number of carbonyl (C=O) groups is 2. The van der Waals surface area contributed by atoms with Gasteiger partial charge in [0.25, 0.3) is 0 Å². The second kappa shape index (κ2) is 7.17. The second-order valence-corrected chi connectivity index (χ2v) is 6.67. The highest BCUT2D eigenvalue weighted by molar-refractivity contribution is 6.00. The molecule has 0 atom stereocenters. The van der Waals surface area contributed by atoms with E-state index in [1.165, 1.54) is 12.5 Å². The lowest BCUT2D eigenvalue weighted by molar-refractivity contribution is -0.114. The van der Waals surface area contributed by atoms with Crippen LogP contribution in [0, 0.1) is 0 Å². The average Bonchev–Trinajstić information content (AvgIpc) is 2.46. The van der Waals surface area contributed by atoms with Crippen molar-refractivity contribution in [3.05, 3.63) is 54.1 Å². The van der Waals surface area contributed by atoms with Crippen LogP contribution < -0.4 is 16.0 Å². The molecular weight excluding hydrogens is 302 g/mol. The van der Waals surface area contributed by atoms with Crippen LogP contribution in [0.25, 0.3) is 0 Å². The Morgan fingerprint density at radius 1 is 0.792 bits per heavy atom. The largest absolute Gasteiger partial charge is 0.326 e. The van der Waals surface area contributed by atoms with Crippen molar-refractivity contribution in [2.75, 3.05) is 16.0 Å². The Labute approximate surface area is 142 Å². The number of carbonyl (C=O) groups excluding carboxylic acids is 2. The first-order chi connectivity index (χ1) is 11.2. The normalized spacial score (nSPS) is 10.8. The molecule has 2 rings (SSSR count). The Kier molecular flexibility index (Phi) is 5.24. The Morgan fingerprint density at radius 3 is 1.88 bits per heavy atom. The number of anilines is 3. The SMILES string of the molecule is CC(=O)Nc1cccc(NC(=O)Nc2ccc(C(C)(C)C)cc2)c1. The van der Waals surface area contributed by atoms with Crippen molar-refractivity contribution in [3.8, 4) is 0 Å².